The van der Waals surface area contributed by atoms with Crippen LogP contribution in [0.25, 0.3) is 0 Å². The molecule has 0 aliphatic carbocycles. The lowest BCUT2D eigenvalue weighted by atomic mass is 10.6. The van der Waals surface area contributed by atoms with Crippen LogP contribution in [0.2, 0.25) is 0 Å². The second-order valence-corrected chi connectivity index (χ2v) is 5.01. The highest BCUT2D eigenvalue weighted by molar-refractivity contribution is 8.13. The zero-order chi connectivity index (χ0) is 10.9. The topological polar surface area (TPSA) is 89.0 Å². The number of hydrogen-bond acceptors (Lipinski definition) is 4. The summed E-state index contributed by atoms with van der Waals surface area (Å²) in [6.07, 6.45) is 0.920. The molecule has 1 aromatic rings. The standard InChI is InChI=1S/C6H7ClN2O4S/c1-2-9-3-4(14(7,12)13)5(10)8-6(9)11/h3H,2H2,1H3,(H,8,10,11). The largest absolute Gasteiger partial charge is 0.328 e. The van der Waals surface area contributed by atoms with Gasteiger partial charge in [-0.2, -0.15) is 0 Å². The number of halogens is 1. The molecule has 0 unspecified atom stereocenters. The van der Waals surface area contributed by atoms with E-state index < -0.39 is 25.2 Å². The van der Waals surface area contributed by atoms with E-state index in [0.717, 1.165) is 10.8 Å². The van der Waals surface area contributed by atoms with Gasteiger partial charge in [0.15, 0.2) is 4.90 Å². The van der Waals surface area contributed by atoms with Crippen LogP contribution in [-0.4, -0.2) is 18.0 Å². The highest BCUT2D eigenvalue weighted by Gasteiger charge is 2.16. The van der Waals surface area contributed by atoms with Gasteiger partial charge in [0.1, 0.15) is 0 Å². The molecule has 0 amide bonds. The summed E-state index contributed by atoms with van der Waals surface area (Å²) in [6, 6.07) is 0. The first-order valence-corrected chi connectivity index (χ1v) is 5.95. The zero-order valence-corrected chi connectivity index (χ0v) is 8.72. The molecule has 1 aromatic heterocycles. The Hall–Kier alpha value is -1.08. The van der Waals surface area contributed by atoms with Gasteiger partial charge in [0.25, 0.3) is 14.6 Å². The predicted molar refractivity (Wildman–Crippen MR) is 50.0 cm³/mol. The highest BCUT2D eigenvalue weighted by Crippen LogP contribution is 2.06. The molecule has 0 radical (unpaired) electrons. The molecule has 0 spiro atoms. The Morgan fingerprint density at radius 1 is 1.50 bits per heavy atom. The van der Waals surface area contributed by atoms with Crippen LogP contribution in [0.15, 0.2) is 20.7 Å². The minimum Gasteiger partial charge on any atom is -0.300 e. The van der Waals surface area contributed by atoms with E-state index in [2.05, 4.69) is 0 Å². The van der Waals surface area contributed by atoms with Gasteiger partial charge in [0, 0.05) is 23.4 Å². The molecule has 0 aliphatic rings. The molecular weight excluding hydrogens is 232 g/mol. The Bertz CT molecular complexity index is 556. The molecule has 1 heterocycles. The van der Waals surface area contributed by atoms with Crippen LogP contribution in [0.1, 0.15) is 6.92 Å². The molecule has 0 saturated heterocycles. The number of aryl methyl sites for hydroxylation is 1. The minimum absolute atomic E-state index is 0.245. The molecule has 8 heteroatoms. The van der Waals surface area contributed by atoms with Crippen molar-refractivity contribution in [2.24, 2.45) is 0 Å². The van der Waals surface area contributed by atoms with Gasteiger partial charge in [-0.3, -0.25) is 14.3 Å². The summed E-state index contributed by atoms with van der Waals surface area (Å²) in [6.45, 7) is 1.87. The van der Waals surface area contributed by atoms with E-state index in [1.54, 1.807) is 6.92 Å². The minimum atomic E-state index is -4.11. The van der Waals surface area contributed by atoms with Crippen molar-refractivity contribution in [3.05, 3.63) is 27.0 Å². The number of nitrogens with zero attached hydrogens (tertiary/aromatic N) is 1. The number of hydrogen-bond donors (Lipinski definition) is 1. The second-order valence-electron chi connectivity index (χ2n) is 2.48. The summed E-state index contributed by atoms with van der Waals surface area (Å²) in [7, 11) is 0.868. The molecule has 0 atom stereocenters. The van der Waals surface area contributed by atoms with Crippen molar-refractivity contribution in [1.29, 1.82) is 0 Å². The van der Waals surface area contributed by atoms with E-state index in [4.69, 9.17) is 10.7 Å². The van der Waals surface area contributed by atoms with E-state index in [9.17, 15) is 18.0 Å². The van der Waals surface area contributed by atoms with Gasteiger partial charge >= 0.3 is 5.69 Å². The third kappa shape index (κ3) is 2.05. The van der Waals surface area contributed by atoms with E-state index >= 15 is 0 Å². The van der Waals surface area contributed by atoms with Gasteiger partial charge in [-0.05, 0) is 6.92 Å². The van der Waals surface area contributed by atoms with Crippen LogP contribution in [0, 0.1) is 0 Å². The van der Waals surface area contributed by atoms with Crippen molar-refractivity contribution in [3.8, 4) is 0 Å². The van der Waals surface area contributed by atoms with Crippen LogP contribution < -0.4 is 11.2 Å². The van der Waals surface area contributed by atoms with Crippen molar-refractivity contribution in [2.75, 3.05) is 0 Å². The fourth-order valence-corrected chi connectivity index (χ4v) is 1.75. The second kappa shape index (κ2) is 3.58. The maximum atomic E-state index is 11.0. The molecule has 0 aliphatic heterocycles. The molecule has 1 rings (SSSR count). The first-order valence-electron chi connectivity index (χ1n) is 3.64. The number of aromatic nitrogens is 2. The Balaban J connectivity index is 3.64. The van der Waals surface area contributed by atoms with Crippen LogP contribution in [0.4, 0.5) is 0 Å². The van der Waals surface area contributed by atoms with Crippen molar-refractivity contribution in [3.63, 3.8) is 0 Å². The van der Waals surface area contributed by atoms with E-state index in [0.29, 0.717) is 0 Å². The number of aromatic amines is 1. The monoisotopic (exact) mass is 238 g/mol. The predicted octanol–water partition coefficient (Wildman–Crippen LogP) is -0.516. The molecule has 78 valence electrons. The van der Waals surface area contributed by atoms with Gasteiger partial charge in [-0.15, -0.1) is 0 Å². The van der Waals surface area contributed by atoms with Gasteiger partial charge in [0.05, 0.1) is 0 Å². The zero-order valence-electron chi connectivity index (χ0n) is 7.15. The van der Waals surface area contributed by atoms with Crippen LogP contribution in [0.3, 0.4) is 0 Å². The molecule has 0 bridgehead atoms. The smallest absolute Gasteiger partial charge is 0.300 e. The summed E-state index contributed by atoms with van der Waals surface area (Å²) >= 11 is 0. The van der Waals surface area contributed by atoms with Gasteiger partial charge in [-0.25, -0.2) is 13.2 Å². The van der Waals surface area contributed by atoms with Crippen molar-refractivity contribution < 1.29 is 8.42 Å². The SMILES string of the molecule is CCn1cc(S(=O)(=O)Cl)c(=O)[nH]c1=O. The van der Waals surface area contributed by atoms with Crippen molar-refractivity contribution >= 4 is 19.7 Å². The van der Waals surface area contributed by atoms with E-state index in [1.165, 1.54) is 0 Å². The number of H-pyrrole nitrogens is 1. The highest BCUT2D eigenvalue weighted by atomic mass is 35.7. The van der Waals surface area contributed by atoms with Crippen molar-refractivity contribution in [1.82, 2.24) is 9.55 Å². The molecule has 14 heavy (non-hydrogen) atoms. The molecular formula is C6H7ClN2O4S. The first kappa shape index (κ1) is 11.0. The van der Waals surface area contributed by atoms with E-state index in [1.807, 2.05) is 4.98 Å². The van der Waals surface area contributed by atoms with Crippen LogP contribution >= 0.6 is 10.7 Å². The summed E-state index contributed by atoms with van der Waals surface area (Å²) in [5, 5.41) is 0. The quantitative estimate of drug-likeness (QED) is 0.703. The molecule has 0 fully saturated rings. The summed E-state index contributed by atoms with van der Waals surface area (Å²) in [5.41, 5.74) is -1.67. The Kier molecular flexibility index (Phi) is 2.81. The van der Waals surface area contributed by atoms with E-state index in [-0.39, 0.29) is 6.54 Å². The van der Waals surface area contributed by atoms with Crippen LogP contribution in [0.5, 0.6) is 0 Å². The third-order valence-electron chi connectivity index (χ3n) is 1.58. The lowest BCUT2D eigenvalue weighted by Gasteiger charge is -2.01. The summed E-state index contributed by atoms with van der Waals surface area (Å²) in [4.78, 5) is 23.3. The van der Waals surface area contributed by atoms with Gasteiger partial charge in [0.2, 0.25) is 0 Å². The molecule has 6 nitrogen and oxygen atoms in total. The fraction of sp³-hybridized carbons (Fsp3) is 0.333. The summed E-state index contributed by atoms with van der Waals surface area (Å²) < 4.78 is 22.8. The maximum Gasteiger partial charge on any atom is 0.328 e. The Labute approximate surface area is 83.6 Å². The Morgan fingerprint density at radius 3 is 2.50 bits per heavy atom. The third-order valence-corrected chi connectivity index (χ3v) is 2.90. The van der Waals surface area contributed by atoms with Crippen LogP contribution in [-0.2, 0) is 15.6 Å². The lowest BCUT2D eigenvalue weighted by molar-refractivity contribution is 0.602. The average molecular weight is 239 g/mol. The number of nitrogens with one attached hydrogen (secondary N) is 1. The fourth-order valence-electron chi connectivity index (χ4n) is 0.898. The van der Waals surface area contributed by atoms with Crippen molar-refractivity contribution in [2.45, 2.75) is 18.4 Å². The average Bonchev–Trinajstić information content (AvgIpc) is 2.02. The summed E-state index contributed by atoms with van der Waals surface area (Å²) in [5.74, 6) is 0. The molecule has 0 aromatic carbocycles. The number of rotatable bonds is 2. The molecule has 1 N–H and O–H groups in total. The normalized spacial score (nSPS) is 11.6. The maximum absolute atomic E-state index is 11.0. The van der Waals surface area contributed by atoms with Gasteiger partial charge in [-0.1, -0.05) is 0 Å². The first-order chi connectivity index (χ1) is 6.36. The Morgan fingerprint density at radius 2 is 2.07 bits per heavy atom. The lowest BCUT2D eigenvalue weighted by Crippen LogP contribution is -2.31. The van der Waals surface area contributed by atoms with Gasteiger partial charge < -0.3 is 0 Å². The molecule has 0 saturated carbocycles.